The second-order valence-electron chi connectivity index (χ2n) is 6.33. The summed E-state index contributed by atoms with van der Waals surface area (Å²) in [7, 11) is -6.99. The smallest absolute Gasteiger partial charge is 0.263 e. The van der Waals surface area contributed by atoms with E-state index < -0.39 is 31.8 Å². The molecular formula is C17H16Br2N2O5S2. The Morgan fingerprint density at radius 2 is 1.86 bits per heavy atom. The first kappa shape index (κ1) is 21.3. The van der Waals surface area contributed by atoms with E-state index in [1.807, 2.05) is 0 Å². The number of carbonyl (C=O) groups is 1. The molecule has 150 valence electrons. The van der Waals surface area contributed by atoms with Crippen LogP contribution in [0.2, 0.25) is 0 Å². The highest BCUT2D eigenvalue weighted by Crippen LogP contribution is 2.27. The molecule has 3 rings (SSSR count). The lowest BCUT2D eigenvalue weighted by molar-refractivity contribution is 0.0941. The monoisotopic (exact) mass is 550 g/mol. The van der Waals surface area contributed by atoms with Crippen molar-refractivity contribution in [3.05, 3.63) is 57.0 Å². The first-order valence-corrected chi connectivity index (χ1v) is 13.0. The minimum absolute atomic E-state index is 0.0490. The number of benzene rings is 2. The molecule has 0 radical (unpaired) electrons. The third kappa shape index (κ3) is 5.13. The minimum atomic E-state index is -3.88. The van der Waals surface area contributed by atoms with Crippen molar-refractivity contribution in [2.45, 2.75) is 17.4 Å². The van der Waals surface area contributed by atoms with Gasteiger partial charge in [-0.2, -0.15) is 0 Å². The largest absolute Gasteiger partial charge is 0.348 e. The summed E-state index contributed by atoms with van der Waals surface area (Å²) in [6, 6.07) is 10.4. The number of hydrogen-bond donors (Lipinski definition) is 2. The van der Waals surface area contributed by atoms with E-state index in [0.717, 1.165) is 0 Å². The van der Waals surface area contributed by atoms with Crippen molar-refractivity contribution >= 4 is 63.3 Å². The molecule has 28 heavy (non-hydrogen) atoms. The molecule has 1 atom stereocenters. The van der Waals surface area contributed by atoms with E-state index in [1.165, 1.54) is 24.3 Å². The molecule has 0 saturated carbocycles. The van der Waals surface area contributed by atoms with Crippen LogP contribution in [0.15, 0.2) is 56.3 Å². The fourth-order valence-electron chi connectivity index (χ4n) is 2.79. The zero-order chi connectivity index (χ0) is 20.5. The lowest BCUT2D eigenvalue weighted by Gasteiger charge is -2.13. The molecule has 1 fully saturated rings. The van der Waals surface area contributed by atoms with Crippen LogP contribution >= 0.6 is 31.9 Å². The molecular weight excluding hydrogens is 536 g/mol. The third-order valence-corrected chi connectivity index (χ3v) is 8.76. The lowest BCUT2D eigenvalue weighted by Crippen LogP contribution is -2.35. The van der Waals surface area contributed by atoms with Crippen molar-refractivity contribution < 1.29 is 21.6 Å². The maximum atomic E-state index is 12.7. The van der Waals surface area contributed by atoms with Gasteiger partial charge in [-0.15, -0.1) is 0 Å². The zero-order valence-electron chi connectivity index (χ0n) is 14.4. The number of amides is 1. The van der Waals surface area contributed by atoms with Crippen LogP contribution in [-0.2, 0) is 19.9 Å². The topological polar surface area (TPSA) is 109 Å². The van der Waals surface area contributed by atoms with Crippen LogP contribution in [0.4, 0.5) is 5.69 Å². The summed E-state index contributed by atoms with van der Waals surface area (Å²) in [6.07, 6.45) is 0.372. The van der Waals surface area contributed by atoms with Gasteiger partial charge >= 0.3 is 0 Å². The molecule has 1 heterocycles. The zero-order valence-corrected chi connectivity index (χ0v) is 19.2. The first-order chi connectivity index (χ1) is 13.1. The van der Waals surface area contributed by atoms with Gasteiger partial charge in [-0.1, -0.05) is 22.0 Å². The molecule has 11 heteroatoms. The highest BCUT2D eigenvalue weighted by atomic mass is 79.9. The van der Waals surface area contributed by atoms with Gasteiger partial charge in [0.25, 0.3) is 15.9 Å². The van der Waals surface area contributed by atoms with Gasteiger partial charge < -0.3 is 5.32 Å². The highest BCUT2D eigenvalue weighted by Gasteiger charge is 2.29. The second-order valence-corrected chi connectivity index (χ2v) is 12.0. The van der Waals surface area contributed by atoms with Gasteiger partial charge in [0, 0.05) is 26.2 Å². The predicted molar refractivity (Wildman–Crippen MR) is 114 cm³/mol. The van der Waals surface area contributed by atoms with Gasteiger partial charge in [-0.3, -0.25) is 9.52 Å². The summed E-state index contributed by atoms with van der Waals surface area (Å²) in [6.45, 7) is 0. The molecule has 2 N–H and O–H groups in total. The molecule has 1 aliphatic rings. The van der Waals surface area contributed by atoms with E-state index in [4.69, 9.17) is 0 Å². The average Bonchev–Trinajstić information content (AvgIpc) is 2.95. The Balaban J connectivity index is 1.78. The third-order valence-electron chi connectivity index (χ3n) is 4.13. The van der Waals surface area contributed by atoms with Crippen LogP contribution in [0.25, 0.3) is 0 Å². The van der Waals surface area contributed by atoms with Gasteiger partial charge in [0.2, 0.25) is 0 Å². The normalized spacial score (nSPS) is 18.6. The van der Waals surface area contributed by atoms with E-state index >= 15 is 0 Å². The van der Waals surface area contributed by atoms with Crippen molar-refractivity contribution in [2.24, 2.45) is 0 Å². The maximum absolute atomic E-state index is 12.7. The van der Waals surface area contributed by atoms with Gasteiger partial charge in [0.15, 0.2) is 9.84 Å². The van der Waals surface area contributed by atoms with Crippen molar-refractivity contribution in [1.82, 2.24) is 5.32 Å². The standard InChI is InChI=1S/C17H16Br2N2O5S2/c18-12-4-5-15(19)16(9-12)28(25,26)21-13-3-1-2-11(8-13)17(22)20-14-6-7-27(23,24)10-14/h1-5,8-9,14,21H,6-7,10H2,(H,20,22)/t14-/m1/s1. The molecule has 0 aromatic heterocycles. The SMILES string of the molecule is O=C(N[C@@H]1CCS(=O)(=O)C1)c1cccc(NS(=O)(=O)c2cc(Br)ccc2Br)c1. The number of hydrogen-bond acceptors (Lipinski definition) is 5. The molecule has 1 saturated heterocycles. The van der Waals surface area contributed by atoms with Gasteiger partial charge in [0.05, 0.1) is 11.5 Å². The summed E-state index contributed by atoms with van der Waals surface area (Å²) in [5.41, 5.74) is 0.455. The second kappa shape index (κ2) is 8.13. The summed E-state index contributed by atoms with van der Waals surface area (Å²) >= 11 is 6.47. The minimum Gasteiger partial charge on any atom is -0.348 e. The Bertz CT molecular complexity index is 1130. The van der Waals surface area contributed by atoms with Crippen molar-refractivity contribution in [3.63, 3.8) is 0 Å². The summed E-state index contributed by atoms with van der Waals surface area (Å²) in [5, 5.41) is 2.68. The van der Waals surface area contributed by atoms with E-state index in [-0.39, 0.29) is 27.7 Å². The van der Waals surface area contributed by atoms with Gasteiger partial charge in [-0.25, -0.2) is 16.8 Å². The van der Waals surface area contributed by atoms with Crippen molar-refractivity contribution in [2.75, 3.05) is 16.2 Å². The Morgan fingerprint density at radius 3 is 2.54 bits per heavy atom. The molecule has 0 spiro atoms. The van der Waals surface area contributed by atoms with E-state index in [2.05, 4.69) is 41.9 Å². The lowest BCUT2D eigenvalue weighted by atomic mass is 10.1. The molecule has 0 unspecified atom stereocenters. The van der Waals surface area contributed by atoms with Crippen LogP contribution in [0, 0.1) is 0 Å². The Hall–Kier alpha value is -1.43. The number of sulfonamides is 1. The number of halogens is 2. The molecule has 1 amide bonds. The average molecular weight is 552 g/mol. The quantitative estimate of drug-likeness (QED) is 0.593. The highest BCUT2D eigenvalue weighted by molar-refractivity contribution is 9.11. The van der Waals surface area contributed by atoms with E-state index in [1.54, 1.807) is 18.2 Å². The number of anilines is 1. The van der Waals surface area contributed by atoms with Crippen LogP contribution in [0.3, 0.4) is 0 Å². The first-order valence-electron chi connectivity index (χ1n) is 8.15. The molecule has 2 aromatic carbocycles. The molecule has 1 aliphatic heterocycles. The Labute approximate surface area is 180 Å². The molecule has 0 aliphatic carbocycles. The van der Waals surface area contributed by atoms with Crippen molar-refractivity contribution in [3.8, 4) is 0 Å². The van der Waals surface area contributed by atoms with Gasteiger partial charge in [-0.05, 0) is 58.7 Å². The van der Waals surface area contributed by atoms with E-state index in [0.29, 0.717) is 15.4 Å². The van der Waals surface area contributed by atoms with Crippen LogP contribution in [-0.4, -0.2) is 40.3 Å². The summed E-state index contributed by atoms with van der Waals surface area (Å²) in [4.78, 5) is 12.5. The Kier molecular flexibility index (Phi) is 6.18. The fraction of sp³-hybridized carbons (Fsp3) is 0.235. The molecule has 0 bridgehead atoms. The predicted octanol–water partition coefficient (Wildman–Crippen LogP) is 2.93. The van der Waals surface area contributed by atoms with Crippen molar-refractivity contribution in [1.29, 1.82) is 0 Å². The number of carbonyl (C=O) groups excluding carboxylic acids is 1. The Morgan fingerprint density at radius 1 is 1.11 bits per heavy atom. The van der Waals surface area contributed by atoms with Crippen LogP contribution in [0.1, 0.15) is 16.8 Å². The van der Waals surface area contributed by atoms with Crippen LogP contribution < -0.4 is 10.0 Å². The summed E-state index contributed by atoms with van der Waals surface area (Å²) in [5.74, 6) is -0.479. The number of sulfone groups is 1. The van der Waals surface area contributed by atoms with E-state index in [9.17, 15) is 21.6 Å². The maximum Gasteiger partial charge on any atom is 0.263 e. The fourth-order valence-corrected chi connectivity index (χ4v) is 7.02. The van der Waals surface area contributed by atoms with Gasteiger partial charge in [0.1, 0.15) is 4.90 Å². The van der Waals surface area contributed by atoms with Crippen LogP contribution in [0.5, 0.6) is 0 Å². The molecule has 7 nitrogen and oxygen atoms in total. The summed E-state index contributed by atoms with van der Waals surface area (Å²) < 4.78 is 51.9. The number of nitrogens with one attached hydrogen (secondary N) is 2. The number of rotatable bonds is 5. The molecule has 2 aromatic rings.